The molecule has 166 valence electrons. The van der Waals surface area contributed by atoms with Gasteiger partial charge < -0.3 is 24.6 Å². The summed E-state index contributed by atoms with van der Waals surface area (Å²) in [6, 6.07) is 12.9. The van der Waals surface area contributed by atoms with Crippen molar-refractivity contribution in [2.75, 3.05) is 24.8 Å². The molecule has 0 unspecified atom stereocenters. The van der Waals surface area contributed by atoms with E-state index in [9.17, 15) is 4.79 Å². The molecule has 10 heteroatoms. The van der Waals surface area contributed by atoms with Crippen molar-refractivity contribution in [2.45, 2.75) is 24.7 Å². The number of carbonyl (C=O) groups is 1. The van der Waals surface area contributed by atoms with Crippen molar-refractivity contribution in [1.82, 2.24) is 15.2 Å². The number of rotatable bonds is 8. The number of aliphatic carboxylic acids is 1. The monoisotopic (exact) mass is 454 g/mol. The van der Waals surface area contributed by atoms with Crippen molar-refractivity contribution in [3.8, 4) is 28.6 Å². The van der Waals surface area contributed by atoms with E-state index in [4.69, 9.17) is 19.3 Å². The molecule has 1 aliphatic heterocycles. The molecule has 0 spiro atoms. The second kappa shape index (κ2) is 9.73. The van der Waals surface area contributed by atoms with Gasteiger partial charge in [-0.15, -0.1) is 10.2 Å². The molecule has 1 atom stereocenters. The molecule has 0 amide bonds. The Labute approximate surface area is 189 Å². The number of nitrogens with one attached hydrogen (secondary N) is 1. The Balaban J connectivity index is 1.80. The molecule has 2 heterocycles. The number of carboxylic acids is 1. The van der Waals surface area contributed by atoms with E-state index in [1.807, 2.05) is 24.3 Å². The van der Waals surface area contributed by atoms with Gasteiger partial charge in [0.2, 0.25) is 17.3 Å². The quantitative estimate of drug-likeness (QED) is 0.484. The summed E-state index contributed by atoms with van der Waals surface area (Å²) in [5.74, 6) is 0.766. The van der Waals surface area contributed by atoms with Crippen molar-refractivity contribution in [1.29, 1.82) is 0 Å². The molecule has 0 aliphatic carbocycles. The van der Waals surface area contributed by atoms with Crippen LogP contribution in [0.25, 0.3) is 11.3 Å². The van der Waals surface area contributed by atoms with Crippen LogP contribution in [0.2, 0.25) is 0 Å². The Morgan fingerprint density at radius 2 is 2.06 bits per heavy atom. The van der Waals surface area contributed by atoms with Crippen LogP contribution in [0.3, 0.4) is 0 Å². The van der Waals surface area contributed by atoms with Gasteiger partial charge in [-0.1, -0.05) is 43.0 Å². The number of nitrogens with zero attached hydrogens (tertiary/aromatic N) is 3. The minimum absolute atomic E-state index is 0.276. The van der Waals surface area contributed by atoms with E-state index in [1.54, 1.807) is 18.2 Å². The molecule has 2 N–H and O–H groups in total. The standard InChI is InChI=1S/C22H22N4O5S/c1-3-11-32-22-24-21-18(25-26-22)13-7-4-5-9-15(13)23-20(31-21)14-8-6-10-16(29-2)19(14)30-12-17(27)28/h4-10,20,23H,3,11-12H2,1-2H3,(H,27,28)/t20-/m1/s1. The van der Waals surface area contributed by atoms with Crippen molar-refractivity contribution in [3.63, 3.8) is 0 Å². The zero-order chi connectivity index (χ0) is 22.5. The van der Waals surface area contributed by atoms with Crippen LogP contribution in [0.15, 0.2) is 47.6 Å². The molecule has 9 nitrogen and oxygen atoms in total. The summed E-state index contributed by atoms with van der Waals surface area (Å²) in [5, 5.41) is 21.6. The van der Waals surface area contributed by atoms with Crippen LogP contribution in [-0.2, 0) is 4.79 Å². The molecule has 3 aromatic rings. The number of benzene rings is 2. The third-order valence-electron chi connectivity index (χ3n) is 4.62. The Morgan fingerprint density at radius 1 is 1.22 bits per heavy atom. The zero-order valence-electron chi connectivity index (χ0n) is 17.6. The molecular formula is C22H22N4O5S. The second-order valence-electron chi connectivity index (χ2n) is 6.85. The van der Waals surface area contributed by atoms with Crippen molar-refractivity contribution >= 4 is 23.4 Å². The first-order valence-corrected chi connectivity index (χ1v) is 11.0. The molecule has 0 saturated heterocycles. The topological polar surface area (TPSA) is 116 Å². The maximum atomic E-state index is 11.1. The fraction of sp³-hybridized carbons (Fsp3) is 0.273. The third kappa shape index (κ3) is 4.54. The lowest BCUT2D eigenvalue weighted by Crippen LogP contribution is -2.20. The minimum Gasteiger partial charge on any atom is -0.493 e. The maximum absolute atomic E-state index is 11.1. The molecule has 2 aromatic carbocycles. The highest BCUT2D eigenvalue weighted by atomic mass is 32.2. The molecule has 0 radical (unpaired) electrons. The lowest BCUT2D eigenvalue weighted by Gasteiger charge is -2.22. The van der Waals surface area contributed by atoms with Gasteiger partial charge >= 0.3 is 5.97 Å². The lowest BCUT2D eigenvalue weighted by molar-refractivity contribution is -0.139. The van der Waals surface area contributed by atoms with Gasteiger partial charge in [0.1, 0.15) is 0 Å². The van der Waals surface area contributed by atoms with Crippen LogP contribution in [-0.4, -0.2) is 45.7 Å². The van der Waals surface area contributed by atoms with Crippen LogP contribution in [0, 0.1) is 0 Å². The predicted molar refractivity (Wildman–Crippen MR) is 119 cm³/mol. The number of hydrogen-bond donors (Lipinski definition) is 2. The number of carboxylic acid groups (broad SMARTS) is 1. The molecule has 0 bridgehead atoms. The van der Waals surface area contributed by atoms with Gasteiger partial charge in [-0.3, -0.25) is 0 Å². The molecule has 32 heavy (non-hydrogen) atoms. The highest BCUT2D eigenvalue weighted by molar-refractivity contribution is 7.99. The molecule has 1 aliphatic rings. The fourth-order valence-electron chi connectivity index (χ4n) is 3.23. The molecule has 4 rings (SSSR count). The first-order chi connectivity index (χ1) is 15.6. The molecule has 0 saturated carbocycles. The summed E-state index contributed by atoms with van der Waals surface area (Å²) in [7, 11) is 1.49. The van der Waals surface area contributed by atoms with Crippen LogP contribution in [0.5, 0.6) is 17.4 Å². The summed E-state index contributed by atoms with van der Waals surface area (Å²) < 4.78 is 17.2. The zero-order valence-corrected chi connectivity index (χ0v) is 18.4. The van der Waals surface area contributed by atoms with Gasteiger partial charge in [-0.25, -0.2) is 4.79 Å². The molecule has 0 fully saturated rings. The summed E-state index contributed by atoms with van der Waals surface area (Å²) in [6.45, 7) is 1.56. The average molecular weight is 455 g/mol. The van der Waals surface area contributed by atoms with Gasteiger partial charge in [-0.05, 0) is 24.6 Å². The normalized spacial score (nSPS) is 14.2. The van der Waals surface area contributed by atoms with Gasteiger partial charge in [0.05, 0.1) is 12.7 Å². The Kier molecular flexibility index (Phi) is 6.60. The van der Waals surface area contributed by atoms with Gasteiger partial charge in [-0.2, -0.15) is 4.98 Å². The van der Waals surface area contributed by atoms with Crippen molar-refractivity contribution < 1.29 is 24.1 Å². The maximum Gasteiger partial charge on any atom is 0.341 e. The Bertz CT molecular complexity index is 1130. The van der Waals surface area contributed by atoms with Crippen LogP contribution >= 0.6 is 11.8 Å². The summed E-state index contributed by atoms with van der Waals surface area (Å²) >= 11 is 1.50. The van der Waals surface area contributed by atoms with E-state index in [0.717, 1.165) is 23.4 Å². The number of methoxy groups -OCH3 is 1. The van der Waals surface area contributed by atoms with Gasteiger partial charge in [0.25, 0.3) is 0 Å². The van der Waals surface area contributed by atoms with Crippen molar-refractivity contribution in [2.24, 2.45) is 0 Å². The van der Waals surface area contributed by atoms with E-state index in [0.29, 0.717) is 28.0 Å². The highest BCUT2D eigenvalue weighted by Gasteiger charge is 2.29. The predicted octanol–water partition coefficient (Wildman–Crippen LogP) is 4.02. The highest BCUT2D eigenvalue weighted by Crippen LogP contribution is 2.43. The summed E-state index contributed by atoms with van der Waals surface area (Å²) in [4.78, 5) is 15.7. The van der Waals surface area contributed by atoms with E-state index in [-0.39, 0.29) is 5.75 Å². The van der Waals surface area contributed by atoms with E-state index < -0.39 is 18.8 Å². The number of anilines is 1. The number of aromatic nitrogens is 3. The van der Waals surface area contributed by atoms with Crippen LogP contribution in [0.4, 0.5) is 5.69 Å². The summed E-state index contributed by atoms with van der Waals surface area (Å²) in [5.41, 5.74) is 2.66. The van der Waals surface area contributed by atoms with Crippen molar-refractivity contribution in [3.05, 3.63) is 48.0 Å². The van der Waals surface area contributed by atoms with E-state index >= 15 is 0 Å². The van der Waals surface area contributed by atoms with E-state index in [1.165, 1.54) is 18.9 Å². The first kappa shape index (κ1) is 21.7. The molecule has 1 aromatic heterocycles. The van der Waals surface area contributed by atoms with Gasteiger partial charge in [0, 0.05) is 17.0 Å². The van der Waals surface area contributed by atoms with Gasteiger partial charge in [0.15, 0.2) is 23.8 Å². The number of fused-ring (bicyclic) bond motifs is 3. The third-order valence-corrected chi connectivity index (χ3v) is 5.66. The number of ether oxygens (including phenoxy) is 3. The Morgan fingerprint density at radius 3 is 2.84 bits per heavy atom. The summed E-state index contributed by atoms with van der Waals surface area (Å²) in [6.07, 6.45) is 0.240. The smallest absolute Gasteiger partial charge is 0.341 e. The second-order valence-corrected chi connectivity index (χ2v) is 7.91. The fourth-order valence-corrected chi connectivity index (χ4v) is 3.86. The number of para-hydroxylation sites is 2. The number of hydrogen-bond acceptors (Lipinski definition) is 9. The van der Waals surface area contributed by atoms with Crippen LogP contribution < -0.4 is 19.5 Å². The SMILES string of the molecule is CCCSc1nnc2c(n1)O[C@H](c1cccc(OC)c1OCC(=O)O)Nc1ccccc1-2. The Hall–Kier alpha value is -3.53. The minimum atomic E-state index is -1.10. The average Bonchev–Trinajstić information content (AvgIpc) is 2.97. The van der Waals surface area contributed by atoms with E-state index in [2.05, 4.69) is 27.4 Å². The molecular weight excluding hydrogens is 432 g/mol. The van der Waals surface area contributed by atoms with Crippen LogP contribution in [0.1, 0.15) is 25.1 Å². The lowest BCUT2D eigenvalue weighted by atomic mass is 10.1. The first-order valence-electron chi connectivity index (χ1n) is 10.0. The number of thioether (sulfide) groups is 1. The largest absolute Gasteiger partial charge is 0.493 e.